The molecule has 0 aromatic carbocycles. The number of halogens is 1. The SMILES string of the molecule is CC1=C(C)N=C(I)N(C)CC1. The molecule has 62 valence electrons. The van der Waals surface area contributed by atoms with E-state index in [1.54, 1.807) is 0 Å². The highest BCUT2D eigenvalue weighted by Crippen LogP contribution is 2.16. The molecular formula is C8H13IN2. The van der Waals surface area contributed by atoms with Crippen LogP contribution >= 0.6 is 22.6 Å². The zero-order valence-corrected chi connectivity index (χ0v) is 9.34. The van der Waals surface area contributed by atoms with Crippen molar-refractivity contribution in [3.8, 4) is 0 Å². The van der Waals surface area contributed by atoms with E-state index in [0.29, 0.717) is 0 Å². The van der Waals surface area contributed by atoms with E-state index in [-0.39, 0.29) is 0 Å². The molecule has 0 bridgehead atoms. The summed E-state index contributed by atoms with van der Waals surface area (Å²) in [5.74, 6) is 0. The lowest BCUT2D eigenvalue weighted by Gasteiger charge is -2.13. The van der Waals surface area contributed by atoms with Crippen LogP contribution in [0.2, 0.25) is 0 Å². The Morgan fingerprint density at radius 2 is 2.09 bits per heavy atom. The molecule has 0 amide bonds. The van der Waals surface area contributed by atoms with Gasteiger partial charge in [-0.3, -0.25) is 0 Å². The molecule has 1 aliphatic heterocycles. The van der Waals surface area contributed by atoms with Gasteiger partial charge >= 0.3 is 0 Å². The Hall–Kier alpha value is -0.0600. The summed E-state index contributed by atoms with van der Waals surface area (Å²) in [6.45, 7) is 5.32. The van der Waals surface area contributed by atoms with E-state index in [1.807, 2.05) is 0 Å². The quantitative estimate of drug-likeness (QED) is 0.484. The third-order valence-corrected chi connectivity index (χ3v) is 3.08. The minimum Gasteiger partial charge on any atom is -0.354 e. The van der Waals surface area contributed by atoms with Crippen molar-refractivity contribution >= 4 is 26.4 Å². The molecule has 0 aromatic heterocycles. The average molecular weight is 264 g/mol. The number of hydrogen-bond acceptors (Lipinski definition) is 2. The lowest BCUT2D eigenvalue weighted by Crippen LogP contribution is -2.21. The number of aliphatic imine (C=N–C) groups is 1. The minimum absolute atomic E-state index is 1.09. The summed E-state index contributed by atoms with van der Waals surface area (Å²) in [6, 6.07) is 0. The highest BCUT2D eigenvalue weighted by molar-refractivity contribution is 14.1. The summed E-state index contributed by atoms with van der Waals surface area (Å²) in [5, 5.41) is 0. The highest BCUT2D eigenvalue weighted by atomic mass is 127. The maximum atomic E-state index is 4.45. The van der Waals surface area contributed by atoms with Crippen molar-refractivity contribution in [1.82, 2.24) is 4.90 Å². The van der Waals surface area contributed by atoms with Gasteiger partial charge in [-0.2, -0.15) is 0 Å². The standard InChI is InChI=1S/C8H13IN2/c1-6-4-5-11(3)8(9)10-7(6)2/h4-5H2,1-3H3. The van der Waals surface area contributed by atoms with E-state index in [4.69, 9.17) is 0 Å². The van der Waals surface area contributed by atoms with E-state index in [9.17, 15) is 0 Å². The van der Waals surface area contributed by atoms with Gasteiger partial charge in [0, 0.05) is 19.3 Å². The van der Waals surface area contributed by atoms with E-state index in [0.717, 1.165) is 16.8 Å². The Morgan fingerprint density at radius 1 is 1.45 bits per heavy atom. The van der Waals surface area contributed by atoms with Gasteiger partial charge in [-0.05, 0) is 42.9 Å². The van der Waals surface area contributed by atoms with Gasteiger partial charge < -0.3 is 4.90 Å². The van der Waals surface area contributed by atoms with Crippen LogP contribution in [0.3, 0.4) is 0 Å². The van der Waals surface area contributed by atoms with Crippen LogP contribution in [-0.4, -0.2) is 22.3 Å². The summed E-state index contributed by atoms with van der Waals surface area (Å²) in [7, 11) is 2.08. The molecule has 0 saturated carbocycles. The van der Waals surface area contributed by atoms with E-state index < -0.39 is 0 Å². The van der Waals surface area contributed by atoms with Crippen molar-refractivity contribution in [2.24, 2.45) is 4.99 Å². The second-order valence-corrected chi connectivity index (χ2v) is 3.88. The van der Waals surface area contributed by atoms with Crippen LogP contribution in [0.15, 0.2) is 16.3 Å². The normalized spacial score (nSPS) is 20.0. The first-order chi connectivity index (χ1) is 5.11. The molecule has 11 heavy (non-hydrogen) atoms. The molecule has 0 aromatic rings. The first-order valence-electron chi connectivity index (χ1n) is 3.73. The fraction of sp³-hybridized carbons (Fsp3) is 0.625. The summed E-state index contributed by atoms with van der Waals surface area (Å²) in [5.41, 5.74) is 2.59. The number of hydrogen-bond donors (Lipinski definition) is 0. The van der Waals surface area contributed by atoms with Crippen molar-refractivity contribution in [2.75, 3.05) is 13.6 Å². The fourth-order valence-corrected chi connectivity index (χ4v) is 1.53. The molecule has 0 saturated heterocycles. The van der Waals surface area contributed by atoms with Gasteiger partial charge in [-0.15, -0.1) is 0 Å². The second-order valence-electron chi connectivity index (χ2n) is 2.92. The Labute approximate surface area is 81.5 Å². The number of amidine groups is 1. The summed E-state index contributed by atoms with van der Waals surface area (Å²) in [6.07, 6.45) is 1.14. The summed E-state index contributed by atoms with van der Waals surface area (Å²) < 4.78 is 1.09. The number of allylic oxidation sites excluding steroid dienone is 1. The van der Waals surface area contributed by atoms with Crippen molar-refractivity contribution in [1.29, 1.82) is 0 Å². The third kappa shape index (κ3) is 2.18. The summed E-state index contributed by atoms with van der Waals surface area (Å²) in [4.78, 5) is 6.63. The molecule has 1 rings (SSSR count). The predicted molar refractivity (Wildman–Crippen MR) is 57.1 cm³/mol. The largest absolute Gasteiger partial charge is 0.354 e. The van der Waals surface area contributed by atoms with Gasteiger partial charge in [0.15, 0.2) is 3.84 Å². The van der Waals surface area contributed by atoms with Crippen molar-refractivity contribution in [2.45, 2.75) is 20.3 Å². The molecule has 0 unspecified atom stereocenters. The first-order valence-corrected chi connectivity index (χ1v) is 4.81. The maximum absolute atomic E-state index is 4.45. The van der Waals surface area contributed by atoms with E-state index >= 15 is 0 Å². The van der Waals surface area contributed by atoms with Crippen LogP contribution in [-0.2, 0) is 0 Å². The number of nitrogens with zero attached hydrogens (tertiary/aromatic N) is 2. The smallest absolute Gasteiger partial charge is 0.167 e. The molecule has 1 aliphatic rings. The molecule has 0 atom stereocenters. The van der Waals surface area contributed by atoms with E-state index in [1.165, 1.54) is 11.3 Å². The van der Waals surface area contributed by atoms with Crippen molar-refractivity contribution in [3.63, 3.8) is 0 Å². The Balaban J connectivity index is 2.87. The fourth-order valence-electron chi connectivity index (χ4n) is 0.928. The molecule has 0 aliphatic carbocycles. The molecule has 3 heteroatoms. The average Bonchev–Trinajstić information content (AvgIpc) is 2.05. The molecule has 0 fully saturated rings. The molecule has 1 heterocycles. The Bertz CT molecular complexity index is 218. The highest BCUT2D eigenvalue weighted by Gasteiger charge is 2.08. The van der Waals surface area contributed by atoms with Crippen LogP contribution in [0.5, 0.6) is 0 Å². The topological polar surface area (TPSA) is 15.6 Å². The van der Waals surface area contributed by atoms with Crippen LogP contribution < -0.4 is 0 Å². The number of rotatable bonds is 0. The van der Waals surface area contributed by atoms with Crippen LogP contribution in [0.1, 0.15) is 20.3 Å². The Kier molecular flexibility index (Phi) is 2.92. The molecule has 0 spiro atoms. The van der Waals surface area contributed by atoms with Crippen molar-refractivity contribution < 1.29 is 0 Å². The van der Waals surface area contributed by atoms with Gasteiger partial charge in [-0.25, -0.2) is 4.99 Å². The van der Waals surface area contributed by atoms with Crippen LogP contribution in [0.4, 0.5) is 0 Å². The predicted octanol–water partition coefficient (Wildman–Crippen LogP) is 2.41. The molecule has 2 nitrogen and oxygen atoms in total. The first kappa shape index (κ1) is 9.03. The van der Waals surface area contributed by atoms with Gasteiger partial charge in [0.2, 0.25) is 0 Å². The lowest BCUT2D eigenvalue weighted by atomic mass is 10.2. The second kappa shape index (κ2) is 3.56. The van der Waals surface area contributed by atoms with Gasteiger partial charge in [0.25, 0.3) is 0 Å². The zero-order chi connectivity index (χ0) is 8.43. The monoisotopic (exact) mass is 264 g/mol. The van der Waals surface area contributed by atoms with Gasteiger partial charge in [0.1, 0.15) is 0 Å². The molecule has 0 N–H and O–H groups in total. The Morgan fingerprint density at radius 3 is 2.73 bits per heavy atom. The maximum Gasteiger partial charge on any atom is 0.167 e. The zero-order valence-electron chi connectivity index (χ0n) is 7.19. The summed E-state index contributed by atoms with van der Waals surface area (Å²) >= 11 is 2.27. The van der Waals surface area contributed by atoms with Gasteiger partial charge in [0.05, 0.1) is 0 Å². The molecular weight excluding hydrogens is 251 g/mol. The third-order valence-electron chi connectivity index (χ3n) is 2.01. The van der Waals surface area contributed by atoms with Crippen molar-refractivity contribution in [3.05, 3.63) is 11.3 Å². The van der Waals surface area contributed by atoms with Gasteiger partial charge in [-0.1, -0.05) is 5.57 Å². The van der Waals surface area contributed by atoms with Crippen LogP contribution in [0, 0.1) is 0 Å². The molecule has 0 radical (unpaired) electrons. The van der Waals surface area contributed by atoms with Crippen LogP contribution in [0.25, 0.3) is 0 Å². The minimum atomic E-state index is 1.09. The van der Waals surface area contributed by atoms with E-state index in [2.05, 4.69) is 53.4 Å². The lowest BCUT2D eigenvalue weighted by molar-refractivity contribution is 0.524.